The summed E-state index contributed by atoms with van der Waals surface area (Å²) in [7, 11) is 0. The number of carbonyl (C=O) groups excluding carboxylic acids is 1. The van der Waals surface area contributed by atoms with Gasteiger partial charge in [-0.3, -0.25) is 19.5 Å². The van der Waals surface area contributed by atoms with Gasteiger partial charge in [0.05, 0.1) is 37.8 Å². The SMILES string of the molecule is CCOC(=O)C1=C(C)N=c2s/c(=C\c3cc([N+](=O)[O-])cc(Br)c3O)c(=O)n2[C@H]1c1ccc(C(C)C)cc1. The minimum atomic E-state index is -0.774. The first-order valence-corrected chi connectivity index (χ1v) is 13.1. The zero-order valence-corrected chi connectivity index (χ0v) is 22.9. The maximum absolute atomic E-state index is 13.7. The molecular weight excluding hydrogens is 562 g/mol. The van der Waals surface area contributed by atoms with E-state index in [-0.39, 0.29) is 38.2 Å². The largest absolute Gasteiger partial charge is 0.506 e. The number of non-ortho nitro benzene ring substituents is 1. The van der Waals surface area contributed by atoms with E-state index in [2.05, 4.69) is 34.8 Å². The number of nitrogens with zero attached hydrogens (tertiary/aromatic N) is 3. The second kappa shape index (κ2) is 10.4. The van der Waals surface area contributed by atoms with Crippen molar-refractivity contribution >= 4 is 45.0 Å². The number of halogens is 1. The quantitative estimate of drug-likeness (QED) is 0.261. The van der Waals surface area contributed by atoms with Crippen LogP contribution >= 0.6 is 27.3 Å². The van der Waals surface area contributed by atoms with Gasteiger partial charge in [0.1, 0.15) is 5.75 Å². The molecular formula is C26H24BrN3O6S. The Morgan fingerprint density at radius 1 is 1.32 bits per heavy atom. The number of aromatic nitrogens is 1. The highest BCUT2D eigenvalue weighted by Crippen LogP contribution is 2.34. The highest BCUT2D eigenvalue weighted by Gasteiger charge is 2.33. The van der Waals surface area contributed by atoms with E-state index >= 15 is 0 Å². The van der Waals surface area contributed by atoms with Gasteiger partial charge in [0, 0.05) is 17.7 Å². The molecule has 0 bridgehead atoms. The molecule has 0 saturated carbocycles. The first-order chi connectivity index (χ1) is 17.5. The second-order valence-electron chi connectivity index (χ2n) is 8.75. The van der Waals surface area contributed by atoms with Crippen molar-refractivity contribution in [2.45, 2.75) is 39.7 Å². The van der Waals surface area contributed by atoms with Crippen LogP contribution < -0.4 is 14.9 Å². The molecule has 0 unspecified atom stereocenters. The average molecular weight is 586 g/mol. The minimum Gasteiger partial charge on any atom is -0.506 e. The fraction of sp³-hybridized carbons (Fsp3) is 0.269. The van der Waals surface area contributed by atoms with Crippen LogP contribution in [0.1, 0.15) is 56.3 Å². The number of hydrogen-bond acceptors (Lipinski definition) is 8. The van der Waals surface area contributed by atoms with Crippen LogP contribution in [0.2, 0.25) is 0 Å². The van der Waals surface area contributed by atoms with Gasteiger partial charge in [0.15, 0.2) is 4.80 Å². The molecule has 0 radical (unpaired) electrons. The molecule has 2 aromatic carbocycles. The summed E-state index contributed by atoms with van der Waals surface area (Å²) >= 11 is 4.19. The number of benzene rings is 2. The number of aromatic hydroxyl groups is 1. The maximum Gasteiger partial charge on any atom is 0.338 e. The predicted octanol–water partition coefficient (Wildman–Crippen LogP) is 4.30. The van der Waals surface area contributed by atoms with Gasteiger partial charge in [-0.05, 0) is 52.9 Å². The highest BCUT2D eigenvalue weighted by molar-refractivity contribution is 9.10. The number of ether oxygens (including phenoxy) is 1. The standard InChI is InChI=1S/C26H24BrN3O6S/c1-5-36-25(33)21-14(4)28-26-29(22(21)16-8-6-15(7-9-16)13(2)3)24(32)20(37-26)11-17-10-18(30(34)35)12-19(27)23(17)31/h6-13,22,31H,5H2,1-4H3/b20-11-/t22-/m0/s1. The summed E-state index contributed by atoms with van der Waals surface area (Å²) < 4.78 is 7.07. The summed E-state index contributed by atoms with van der Waals surface area (Å²) in [5, 5.41) is 21.8. The van der Waals surface area contributed by atoms with Crippen LogP contribution in [0.3, 0.4) is 0 Å². The van der Waals surface area contributed by atoms with Gasteiger partial charge in [0.25, 0.3) is 11.2 Å². The van der Waals surface area contributed by atoms with Crippen LogP contribution in [0.25, 0.3) is 6.08 Å². The lowest BCUT2D eigenvalue weighted by atomic mass is 9.93. The van der Waals surface area contributed by atoms with Crippen molar-refractivity contribution in [1.82, 2.24) is 4.57 Å². The number of phenolic OH excluding ortho intramolecular Hbond substituents is 1. The van der Waals surface area contributed by atoms with Gasteiger partial charge >= 0.3 is 5.97 Å². The third-order valence-corrected chi connectivity index (χ3v) is 7.60. The van der Waals surface area contributed by atoms with Crippen molar-refractivity contribution < 1.29 is 19.6 Å². The molecule has 0 spiro atoms. The molecule has 11 heteroatoms. The Bertz CT molecular complexity index is 1620. The van der Waals surface area contributed by atoms with Crippen molar-refractivity contribution in [3.8, 4) is 5.75 Å². The van der Waals surface area contributed by atoms with E-state index in [4.69, 9.17) is 4.74 Å². The number of nitro groups is 1. The van der Waals surface area contributed by atoms with Crippen molar-refractivity contribution in [2.24, 2.45) is 4.99 Å². The first-order valence-electron chi connectivity index (χ1n) is 11.5. The number of phenols is 1. The Kier molecular flexibility index (Phi) is 7.47. The Morgan fingerprint density at radius 2 is 2.00 bits per heavy atom. The number of thiazole rings is 1. The maximum atomic E-state index is 13.7. The molecule has 1 aliphatic rings. The predicted molar refractivity (Wildman–Crippen MR) is 143 cm³/mol. The van der Waals surface area contributed by atoms with Gasteiger partial charge in [-0.15, -0.1) is 0 Å². The van der Waals surface area contributed by atoms with E-state index in [1.807, 2.05) is 24.3 Å². The van der Waals surface area contributed by atoms with Gasteiger partial charge in [-0.2, -0.15) is 0 Å². The number of allylic oxidation sites excluding steroid dienone is 1. The van der Waals surface area contributed by atoms with Crippen LogP contribution in [0.5, 0.6) is 5.75 Å². The van der Waals surface area contributed by atoms with E-state index < -0.39 is 22.5 Å². The van der Waals surface area contributed by atoms with Gasteiger partial charge < -0.3 is 9.84 Å². The van der Waals surface area contributed by atoms with Crippen LogP contribution in [-0.2, 0) is 9.53 Å². The summed E-state index contributed by atoms with van der Waals surface area (Å²) in [6.45, 7) is 7.73. The van der Waals surface area contributed by atoms with Gasteiger partial charge in [0.2, 0.25) is 0 Å². The normalized spacial score (nSPS) is 15.5. The molecule has 1 aromatic heterocycles. The van der Waals surface area contributed by atoms with Gasteiger partial charge in [-0.25, -0.2) is 9.79 Å². The molecule has 0 saturated heterocycles. The number of fused-ring (bicyclic) bond motifs is 1. The van der Waals surface area contributed by atoms with Crippen LogP contribution in [0.4, 0.5) is 5.69 Å². The Hall–Kier alpha value is -3.57. The second-order valence-corrected chi connectivity index (χ2v) is 10.6. The number of rotatable bonds is 6. The van der Waals surface area contributed by atoms with Crippen molar-refractivity contribution in [2.75, 3.05) is 6.61 Å². The fourth-order valence-electron chi connectivity index (χ4n) is 4.13. The Morgan fingerprint density at radius 3 is 2.59 bits per heavy atom. The third kappa shape index (κ3) is 5.01. The molecule has 0 amide bonds. The van der Waals surface area contributed by atoms with Crippen LogP contribution in [0.15, 0.2) is 61.9 Å². The number of esters is 1. The van der Waals surface area contributed by atoms with E-state index in [0.29, 0.717) is 16.4 Å². The lowest BCUT2D eigenvalue weighted by molar-refractivity contribution is -0.385. The molecule has 37 heavy (non-hydrogen) atoms. The lowest BCUT2D eigenvalue weighted by Crippen LogP contribution is -2.39. The minimum absolute atomic E-state index is 0.102. The molecule has 1 atom stereocenters. The molecule has 0 fully saturated rings. The molecule has 3 aromatic rings. The van der Waals surface area contributed by atoms with Crippen LogP contribution in [0, 0.1) is 10.1 Å². The van der Waals surface area contributed by atoms with Crippen LogP contribution in [-0.4, -0.2) is 27.2 Å². The molecule has 0 aliphatic carbocycles. The van der Waals surface area contributed by atoms with E-state index in [0.717, 1.165) is 22.5 Å². The van der Waals surface area contributed by atoms with Crippen molar-refractivity contribution in [3.63, 3.8) is 0 Å². The van der Waals surface area contributed by atoms with Crippen molar-refractivity contribution in [1.29, 1.82) is 0 Å². The smallest absolute Gasteiger partial charge is 0.338 e. The lowest BCUT2D eigenvalue weighted by Gasteiger charge is -2.25. The zero-order chi connectivity index (χ0) is 27.0. The number of hydrogen-bond donors (Lipinski definition) is 1. The average Bonchev–Trinajstić information content (AvgIpc) is 3.15. The molecule has 192 valence electrons. The first kappa shape index (κ1) is 26.5. The topological polar surface area (TPSA) is 124 Å². The van der Waals surface area contributed by atoms with E-state index in [9.17, 15) is 24.8 Å². The van der Waals surface area contributed by atoms with Crippen molar-refractivity contribution in [3.05, 3.63) is 98.6 Å². The zero-order valence-electron chi connectivity index (χ0n) is 20.5. The third-order valence-electron chi connectivity index (χ3n) is 6.01. The van der Waals surface area contributed by atoms with E-state index in [1.54, 1.807) is 13.8 Å². The Balaban J connectivity index is 1.97. The molecule has 1 N–H and O–H groups in total. The Labute approximate surface area is 224 Å². The van der Waals surface area contributed by atoms with E-state index in [1.165, 1.54) is 22.8 Å². The summed E-state index contributed by atoms with van der Waals surface area (Å²) in [4.78, 5) is 42.3. The summed E-state index contributed by atoms with van der Waals surface area (Å²) in [5.74, 6) is -0.489. The number of nitro benzene ring substituents is 1. The monoisotopic (exact) mass is 585 g/mol. The molecule has 4 rings (SSSR count). The summed E-state index contributed by atoms with van der Waals surface area (Å²) in [5.41, 5.74) is 1.94. The molecule has 9 nitrogen and oxygen atoms in total. The van der Waals surface area contributed by atoms with Gasteiger partial charge in [-0.1, -0.05) is 49.4 Å². The summed E-state index contributed by atoms with van der Waals surface area (Å²) in [6.07, 6.45) is 1.39. The fourth-order valence-corrected chi connectivity index (χ4v) is 5.63. The summed E-state index contributed by atoms with van der Waals surface area (Å²) in [6, 6.07) is 9.31. The molecule has 2 heterocycles. The highest BCUT2D eigenvalue weighted by atomic mass is 79.9. The molecule has 1 aliphatic heterocycles. The number of carbonyl (C=O) groups is 1.